The molecular formula is CH3FMgO3S. The highest BCUT2D eigenvalue weighted by molar-refractivity contribution is 7.85. The lowest BCUT2D eigenvalue weighted by Gasteiger charge is -1.77. The molecule has 7 heavy (non-hydrogen) atoms. The molecule has 0 aromatic heterocycles. The predicted octanol–water partition coefficient (Wildman–Crippen LogP) is -0.580. The van der Waals surface area contributed by atoms with Gasteiger partial charge in [0.05, 0.1) is 0 Å². The molecule has 0 aliphatic rings. The van der Waals surface area contributed by atoms with E-state index in [0.29, 0.717) is 0 Å². The summed E-state index contributed by atoms with van der Waals surface area (Å²) >= 11 is 0. The molecule has 0 amide bonds. The van der Waals surface area contributed by atoms with Crippen LogP contribution in [0.2, 0.25) is 0 Å². The van der Waals surface area contributed by atoms with Gasteiger partial charge in [0.15, 0.2) is 0 Å². The van der Waals surface area contributed by atoms with Crippen LogP contribution in [0.5, 0.6) is 0 Å². The molecule has 0 aliphatic heterocycles. The fraction of sp³-hybridized carbons (Fsp3) is 1.00. The predicted molar refractivity (Wildman–Crippen MR) is 23.3 cm³/mol. The molecule has 0 aromatic carbocycles. The number of rotatable bonds is 1. The van der Waals surface area contributed by atoms with E-state index in [1.54, 1.807) is 0 Å². The van der Waals surface area contributed by atoms with Crippen molar-refractivity contribution in [1.29, 1.82) is 0 Å². The van der Waals surface area contributed by atoms with Crippen LogP contribution < -0.4 is 0 Å². The number of hydrogen-bond acceptors (Lipinski definition) is 2. The summed E-state index contributed by atoms with van der Waals surface area (Å²) in [6, 6.07) is -1.70. The molecule has 0 fully saturated rings. The summed E-state index contributed by atoms with van der Waals surface area (Å²) in [6.45, 7) is 0. The van der Waals surface area contributed by atoms with E-state index in [2.05, 4.69) is 0 Å². The van der Waals surface area contributed by atoms with Crippen molar-refractivity contribution < 1.29 is 17.4 Å². The van der Waals surface area contributed by atoms with Crippen LogP contribution >= 0.6 is 0 Å². The first-order valence-corrected chi connectivity index (χ1v) is 2.68. The highest BCUT2D eigenvalue weighted by Crippen LogP contribution is 1.77. The Kier molecular flexibility index (Phi) is 5.41. The summed E-state index contributed by atoms with van der Waals surface area (Å²) in [5, 5.41) is 0. The van der Waals surface area contributed by atoms with Gasteiger partial charge >= 0.3 is 0 Å². The molecule has 6 heteroatoms. The van der Waals surface area contributed by atoms with Crippen LogP contribution in [0.3, 0.4) is 0 Å². The lowest BCUT2D eigenvalue weighted by atomic mass is 11.8. The monoisotopic (exact) mass is 138 g/mol. The quantitative estimate of drug-likeness (QED) is 0.390. The Bertz CT molecular complexity index is 117. The molecule has 0 bridgehead atoms. The van der Waals surface area contributed by atoms with Crippen LogP contribution in [0, 0.1) is 0 Å². The fourth-order valence-corrected chi connectivity index (χ4v) is 0. The van der Waals surface area contributed by atoms with Crippen molar-refractivity contribution in [3.63, 3.8) is 0 Å². The lowest BCUT2D eigenvalue weighted by molar-refractivity contribution is 0.447. The van der Waals surface area contributed by atoms with Gasteiger partial charge in [-0.15, -0.1) is 0 Å². The zero-order chi connectivity index (χ0) is 5.21. The van der Waals surface area contributed by atoms with Gasteiger partial charge in [0.2, 0.25) is 6.01 Å². The summed E-state index contributed by atoms with van der Waals surface area (Å²) in [7, 11) is -4.33. The zero-order valence-electron chi connectivity index (χ0n) is 3.46. The van der Waals surface area contributed by atoms with Crippen molar-refractivity contribution in [2.45, 2.75) is 0 Å². The van der Waals surface area contributed by atoms with Gasteiger partial charge in [0.1, 0.15) is 0 Å². The number of alkyl halides is 1. The van der Waals surface area contributed by atoms with Crippen molar-refractivity contribution in [1.82, 2.24) is 0 Å². The average molecular weight is 138 g/mol. The summed E-state index contributed by atoms with van der Waals surface area (Å²) in [6.07, 6.45) is 0. The fourth-order valence-electron chi connectivity index (χ4n) is 0. The Morgan fingerprint density at radius 2 is 1.71 bits per heavy atom. The van der Waals surface area contributed by atoms with Crippen LogP contribution in [-0.2, 0) is 10.1 Å². The van der Waals surface area contributed by atoms with Crippen molar-refractivity contribution >= 4 is 33.2 Å². The highest BCUT2D eigenvalue weighted by atomic mass is 32.2. The van der Waals surface area contributed by atoms with Crippen molar-refractivity contribution in [3.8, 4) is 0 Å². The van der Waals surface area contributed by atoms with Gasteiger partial charge in [0.25, 0.3) is 10.1 Å². The van der Waals surface area contributed by atoms with E-state index in [-0.39, 0.29) is 23.1 Å². The normalized spacial score (nSPS) is 10.0. The lowest BCUT2D eigenvalue weighted by Crippen LogP contribution is -1.96. The molecule has 0 rings (SSSR count). The minimum Gasteiger partial charge on any atom is -0.284 e. The van der Waals surface area contributed by atoms with Crippen molar-refractivity contribution in [2.75, 3.05) is 6.01 Å². The topological polar surface area (TPSA) is 54.4 Å². The molecule has 1 N–H and O–H groups in total. The van der Waals surface area contributed by atoms with E-state index in [1.165, 1.54) is 0 Å². The second kappa shape index (κ2) is 3.59. The first-order valence-electron chi connectivity index (χ1n) is 1.07. The van der Waals surface area contributed by atoms with E-state index in [0.717, 1.165) is 0 Å². The second-order valence-electron chi connectivity index (χ2n) is 0.691. The number of hydrogen-bond donors (Lipinski definition) is 1. The molecule has 0 spiro atoms. The van der Waals surface area contributed by atoms with Gasteiger partial charge < -0.3 is 0 Å². The van der Waals surface area contributed by atoms with Crippen molar-refractivity contribution in [2.24, 2.45) is 0 Å². The Morgan fingerprint density at radius 3 is 1.71 bits per heavy atom. The van der Waals surface area contributed by atoms with E-state index in [1.807, 2.05) is 0 Å². The first-order chi connectivity index (χ1) is 2.56. The molecule has 0 atom stereocenters. The molecule has 3 nitrogen and oxygen atoms in total. The Morgan fingerprint density at radius 1 is 1.57 bits per heavy atom. The van der Waals surface area contributed by atoms with Gasteiger partial charge in [-0.2, -0.15) is 8.42 Å². The minimum atomic E-state index is -4.33. The average Bonchev–Trinajstić information content (AvgIpc) is 1.35. The maximum atomic E-state index is 10.7. The smallest absolute Gasteiger partial charge is 0.284 e. The van der Waals surface area contributed by atoms with Crippen molar-refractivity contribution in [3.05, 3.63) is 0 Å². The summed E-state index contributed by atoms with van der Waals surface area (Å²) in [5.41, 5.74) is 0. The van der Waals surface area contributed by atoms with Gasteiger partial charge in [-0.05, 0) is 0 Å². The molecular weight excluding hydrogens is 135 g/mol. The van der Waals surface area contributed by atoms with E-state index in [4.69, 9.17) is 4.55 Å². The highest BCUT2D eigenvalue weighted by Gasteiger charge is 1.97. The third-order valence-electron chi connectivity index (χ3n) is 0.138. The van der Waals surface area contributed by atoms with Gasteiger partial charge in [-0.25, -0.2) is 4.39 Å². The van der Waals surface area contributed by atoms with Crippen LogP contribution in [-0.4, -0.2) is 42.0 Å². The Hall–Kier alpha value is 0.606. The molecule has 0 heterocycles. The minimum absolute atomic E-state index is 0. The molecule has 40 valence electrons. The summed E-state index contributed by atoms with van der Waals surface area (Å²) < 4.78 is 36.4. The van der Waals surface area contributed by atoms with Crippen LogP contribution in [0.15, 0.2) is 0 Å². The van der Waals surface area contributed by atoms with E-state index < -0.39 is 16.1 Å². The second-order valence-corrected chi connectivity index (χ2v) is 2.07. The van der Waals surface area contributed by atoms with Crippen LogP contribution in [0.1, 0.15) is 0 Å². The first kappa shape index (κ1) is 10.6. The Labute approximate surface area is 56.8 Å². The van der Waals surface area contributed by atoms with Gasteiger partial charge in [-0.3, -0.25) is 4.55 Å². The standard InChI is InChI=1S/CH3FO3S.Mg/c2-1-6(3,4)5;/h1H2,(H,3,4,5);. The summed E-state index contributed by atoms with van der Waals surface area (Å²) in [5.74, 6) is 0. The zero-order valence-corrected chi connectivity index (χ0v) is 5.69. The Balaban J connectivity index is 0. The van der Waals surface area contributed by atoms with E-state index >= 15 is 0 Å². The molecule has 0 saturated carbocycles. The third kappa shape index (κ3) is 10.8. The molecule has 0 unspecified atom stereocenters. The molecule has 0 saturated heterocycles. The summed E-state index contributed by atoms with van der Waals surface area (Å²) in [4.78, 5) is 0. The number of halogens is 1. The SMILES string of the molecule is O=S(=O)(O)CF.[Mg]. The van der Waals surface area contributed by atoms with Crippen LogP contribution in [0.25, 0.3) is 0 Å². The maximum Gasteiger partial charge on any atom is 0.294 e. The molecule has 0 aromatic rings. The van der Waals surface area contributed by atoms with Gasteiger partial charge in [0, 0.05) is 23.1 Å². The molecule has 2 radical (unpaired) electrons. The van der Waals surface area contributed by atoms with Crippen LogP contribution in [0.4, 0.5) is 4.39 Å². The largest absolute Gasteiger partial charge is 0.294 e. The van der Waals surface area contributed by atoms with E-state index in [9.17, 15) is 12.8 Å². The maximum absolute atomic E-state index is 10.7. The molecule has 0 aliphatic carbocycles. The van der Waals surface area contributed by atoms with Gasteiger partial charge in [-0.1, -0.05) is 0 Å². The third-order valence-corrected chi connectivity index (χ3v) is 0.414.